The molecule has 4 rings (SSSR count). The van der Waals surface area contributed by atoms with Gasteiger partial charge >= 0.3 is 5.97 Å². The van der Waals surface area contributed by atoms with Gasteiger partial charge in [0.25, 0.3) is 0 Å². The average molecular weight is 456 g/mol. The van der Waals surface area contributed by atoms with E-state index in [0.29, 0.717) is 0 Å². The fourth-order valence-electron chi connectivity index (χ4n) is 4.30. The van der Waals surface area contributed by atoms with Gasteiger partial charge in [0, 0.05) is 37.1 Å². The van der Waals surface area contributed by atoms with Crippen LogP contribution in [0.5, 0.6) is 11.5 Å². The summed E-state index contributed by atoms with van der Waals surface area (Å²) in [6, 6.07) is 7.45. The van der Waals surface area contributed by atoms with Crippen molar-refractivity contribution in [2.75, 3.05) is 7.11 Å². The number of hydrogen-bond acceptors (Lipinski definition) is 9. The molecule has 1 aliphatic heterocycles. The van der Waals surface area contributed by atoms with Gasteiger partial charge in [-0.2, -0.15) is 0 Å². The maximum Gasteiger partial charge on any atom is 0.303 e. The normalized spacial score (nSPS) is 24.2. The molecule has 0 radical (unpaired) electrons. The molecular formula is C24H24O9. The molecule has 2 aliphatic rings. The average Bonchev–Trinajstić information content (AvgIpc) is 2.78. The lowest BCUT2D eigenvalue weighted by Gasteiger charge is -2.38. The fraction of sp³-hybridized carbons (Fsp3) is 0.375. The third-order valence-corrected chi connectivity index (χ3v) is 5.88. The van der Waals surface area contributed by atoms with E-state index >= 15 is 0 Å². The molecule has 0 amide bonds. The first-order valence-corrected chi connectivity index (χ1v) is 10.5. The number of hydrogen-bond donors (Lipinski definition) is 2. The second kappa shape index (κ2) is 8.93. The van der Waals surface area contributed by atoms with Crippen LogP contribution in [0.25, 0.3) is 0 Å². The predicted octanol–water partition coefficient (Wildman–Crippen LogP) is 2.47. The molecule has 1 heterocycles. The summed E-state index contributed by atoms with van der Waals surface area (Å²) in [7, 11) is 1.49. The Hall–Kier alpha value is -3.27. The Bertz CT molecular complexity index is 1120. The molecule has 0 aromatic heterocycles. The highest BCUT2D eigenvalue weighted by Gasteiger charge is 2.40. The topological polar surface area (TPSA) is 129 Å². The molecule has 2 aromatic carbocycles. The van der Waals surface area contributed by atoms with Crippen molar-refractivity contribution in [1.82, 2.24) is 0 Å². The maximum absolute atomic E-state index is 13.0. The second-order valence-corrected chi connectivity index (χ2v) is 8.02. The van der Waals surface area contributed by atoms with Gasteiger partial charge < -0.3 is 29.2 Å². The highest BCUT2D eigenvalue weighted by Crippen LogP contribution is 2.40. The van der Waals surface area contributed by atoms with Crippen LogP contribution >= 0.6 is 0 Å². The Morgan fingerprint density at radius 3 is 2.36 bits per heavy atom. The van der Waals surface area contributed by atoms with Crippen molar-refractivity contribution in [3.63, 3.8) is 0 Å². The molecule has 33 heavy (non-hydrogen) atoms. The van der Waals surface area contributed by atoms with Crippen LogP contribution in [0.1, 0.15) is 57.7 Å². The highest BCUT2D eigenvalue weighted by atomic mass is 16.7. The number of ketones is 2. The zero-order valence-electron chi connectivity index (χ0n) is 18.4. The summed E-state index contributed by atoms with van der Waals surface area (Å²) in [5.41, 5.74) is -0.0249. The molecule has 1 fully saturated rings. The quantitative estimate of drug-likeness (QED) is 0.439. The summed E-state index contributed by atoms with van der Waals surface area (Å²) in [4.78, 5) is 37.2. The Balaban J connectivity index is 1.56. The second-order valence-electron chi connectivity index (χ2n) is 8.02. The summed E-state index contributed by atoms with van der Waals surface area (Å²) in [6.45, 7) is 2.82. The van der Waals surface area contributed by atoms with Gasteiger partial charge in [-0.15, -0.1) is 0 Å². The number of benzene rings is 2. The van der Waals surface area contributed by atoms with Gasteiger partial charge in [0.2, 0.25) is 0 Å². The molecule has 174 valence electrons. The van der Waals surface area contributed by atoms with Crippen LogP contribution < -0.4 is 0 Å². The Morgan fingerprint density at radius 1 is 1.12 bits per heavy atom. The largest absolute Gasteiger partial charge is 0.507 e. The molecule has 9 heteroatoms. The van der Waals surface area contributed by atoms with Gasteiger partial charge in [0.15, 0.2) is 24.0 Å². The first-order chi connectivity index (χ1) is 15.7. The first kappa shape index (κ1) is 22.9. The molecule has 0 bridgehead atoms. The van der Waals surface area contributed by atoms with E-state index in [9.17, 15) is 24.6 Å². The van der Waals surface area contributed by atoms with E-state index in [4.69, 9.17) is 18.9 Å². The summed E-state index contributed by atoms with van der Waals surface area (Å²) in [6.07, 6.45) is -2.09. The molecule has 1 saturated heterocycles. The van der Waals surface area contributed by atoms with Gasteiger partial charge in [-0.3, -0.25) is 14.4 Å². The lowest BCUT2D eigenvalue weighted by molar-refractivity contribution is -0.258. The maximum atomic E-state index is 13.0. The summed E-state index contributed by atoms with van der Waals surface area (Å²) >= 11 is 0. The molecule has 0 unspecified atom stereocenters. The van der Waals surface area contributed by atoms with Gasteiger partial charge in [-0.1, -0.05) is 24.3 Å². The number of esters is 1. The molecule has 0 saturated carbocycles. The number of ether oxygens (including phenoxy) is 4. The molecule has 2 N–H and O–H groups in total. The van der Waals surface area contributed by atoms with E-state index in [1.165, 1.54) is 32.2 Å². The third-order valence-electron chi connectivity index (χ3n) is 5.88. The van der Waals surface area contributed by atoms with Crippen LogP contribution in [0.3, 0.4) is 0 Å². The zero-order chi connectivity index (χ0) is 23.9. The van der Waals surface area contributed by atoms with Crippen molar-refractivity contribution in [1.29, 1.82) is 0 Å². The molecule has 9 nitrogen and oxygen atoms in total. The number of rotatable bonds is 5. The lowest BCUT2D eigenvalue weighted by atomic mass is 9.82. The molecule has 2 aromatic rings. The lowest BCUT2D eigenvalue weighted by Crippen LogP contribution is -2.50. The first-order valence-electron chi connectivity index (χ1n) is 10.5. The van der Waals surface area contributed by atoms with E-state index in [1.54, 1.807) is 19.1 Å². The zero-order valence-corrected chi connectivity index (χ0v) is 18.4. The van der Waals surface area contributed by atoms with Crippen LogP contribution in [0.2, 0.25) is 0 Å². The fourth-order valence-corrected chi connectivity index (χ4v) is 4.30. The standard InChI is InChI=1S/C24H24O9/c1-11-24(33-12(2)25)17(30-3)9-18(32-11)31-10-13-8-16(26)19-20(21(13)27)23(29)15-7-5-4-6-14(15)22(19)28/h4-8,11,17-18,24,26-27H,9-10H2,1-3H3/t11-,17-,18+,24-/m0/s1. The number of phenols is 2. The van der Waals surface area contributed by atoms with Crippen LogP contribution in [0.4, 0.5) is 0 Å². The Morgan fingerprint density at radius 2 is 1.76 bits per heavy atom. The van der Waals surface area contributed by atoms with E-state index in [-0.39, 0.29) is 40.8 Å². The smallest absolute Gasteiger partial charge is 0.303 e. The van der Waals surface area contributed by atoms with Crippen LogP contribution in [0.15, 0.2) is 30.3 Å². The molecular weight excluding hydrogens is 432 g/mol. The van der Waals surface area contributed by atoms with E-state index in [1.807, 2.05) is 0 Å². The number of fused-ring (bicyclic) bond motifs is 2. The molecule has 0 spiro atoms. The van der Waals surface area contributed by atoms with Crippen LogP contribution in [0, 0.1) is 0 Å². The Labute approximate surface area is 189 Å². The number of methoxy groups -OCH3 is 1. The third kappa shape index (κ3) is 4.10. The number of carbonyl (C=O) groups excluding carboxylic acids is 3. The van der Waals surface area contributed by atoms with Crippen molar-refractivity contribution >= 4 is 17.5 Å². The molecule has 4 atom stereocenters. The van der Waals surface area contributed by atoms with Gasteiger partial charge in [-0.05, 0) is 13.0 Å². The van der Waals surface area contributed by atoms with Crippen molar-refractivity contribution in [2.45, 2.75) is 51.5 Å². The van der Waals surface area contributed by atoms with Crippen molar-refractivity contribution in [2.24, 2.45) is 0 Å². The highest BCUT2D eigenvalue weighted by molar-refractivity contribution is 6.30. The minimum absolute atomic E-state index is 0.124. The number of aromatic hydroxyl groups is 2. The van der Waals surface area contributed by atoms with Gasteiger partial charge in [0.05, 0.1) is 23.8 Å². The predicted molar refractivity (Wildman–Crippen MR) is 113 cm³/mol. The van der Waals surface area contributed by atoms with Crippen LogP contribution in [-0.2, 0) is 30.3 Å². The SMILES string of the molecule is CO[C@H]1C[C@H](OCc2cc(O)c3c(c2O)C(=O)c2ccccc2C3=O)O[C@@H](C)[C@@H]1OC(C)=O. The number of carbonyl (C=O) groups is 3. The summed E-state index contributed by atoms with van der Waals surface area (Å²) in [5, 5.41) is 21.3. The monoisotopic (exact) mass is 456 g/mol. The van der Waals surface area contributed by atoms with Gasteiger partial charge in [-0.25, -0.2) is 0 Å². The van der Waals surface area contributed by atoms with E-state index in [0.717, 1.165) is 0 Å². The number of phenolic OH excluding ortho intramolecular Hbond substituents is 2. The van der Waals surface area contributed by atoms with Crippen molar-refractivity contribution in [3.05, 3.63) is 58.1 Å². The molecule has 1 aliphatic carbocycles. The summed E-state index contributed by atoms with van der Waals surface area (Å²) in [5.74, 6) is -2.39. The van der Waals surface area contributed by atoms with Crippen molar-refractivity contribution < 1.29 is 43.5 Å². The summed E-state index contributed by atoms with van der Waals surface area (Å²) < 4.78 is 22.3. The van der Waals surface area contributed by atoms with Gasteiger partial charge in [0.1, 0.15) is 17.6 Å². The van der Waals surface area contributed by atoms with E-state index in [2.05, 4.69) is 0 Å². The Kier molecular flexibility index (Phi) is 6.20. The van der Waals surface area contributed by atoms with E-state index < -0.39 is 53.6 Å². The minimum atomic E-state index is -0.757. The van der Waals surface area contributed by atoms with Crippen LogP contribution in [-0.4, -0.2) is 59.5 Å². The van der Waals surface area contributed by atoms with Crippen molar-refractivity contribution in [3.8, 4) is 11.5 Å². The minimum Gasteiger partial charge on any atom is -0.507 e.